The largest absolute Gasteiger partial charge is 0.389 e. The smallest absolute Gasteiger partial charge is 0.123 e. The van der Waals surface area contributed by atoms with Gasteiger partial charge in [-0.1, -0.05) is 26.7 Å². The lowest BCUT2D eigenvalue weighted by Gasteiger charge is -2.63. The Morgan fingerprint density at radius 1 is 0.909 bits per heavy atom. The summed E-state index contributed by atoms with van der Waals surface area (Å²) in [6.07, 6.45) is 13.3. The van der Waals surface area contributed by atoms with E-state index in [0.29, 0.717) is 17.3 Å². The highest BCUT2D eigenvalue weighted by atomic mass is 16.3. The van der Waals surface area contributed by atoms with Gasteiger partial charge in [-0.15, -0.1) is 0 Å². The van der Waals surface area contributed by atoms with Crippen LogP contribution < -0.4 is 0 Å². The molecular formula is C20H32O2. The monoisotopic (exact) mass is 304 g/mol. The average Bonchev–Trinajstić information content (AvgIpc) is 2.78. The highest BCUT2D eigenvalue weighted by molar-refractivity contribution is 5.57. The van der Waals surface area contributed by atoms with E-state index < -0.39 is 5.60 Å². The molecule has 4 fully saturated rings. The first kappa shape index (κ1) is 15.2. The highest BCUT2D eigenvalue weighted by Gasteiger charge is 2.66. The summed E-state index contributed by atoms with van der Waals surface area (Å²) in [7, 11) is 0. The lowest BCUT2D eigenvalue weighted by Crippen LogP contribution is -2.61. The summed E-state index contributed by atoms with van der Waals surface area (Å²) in [5, 5.41) is 11.7. The van der Waals surface area contributed by atoms with Crippen LogP contribution in [-0.4, -0.2) is 17.0 Å². The van der Waals surface area contributed by atoms with E-state index in [1.807, 2.05) is 0 Å². The standard InChI is InChI=1S/C20H32O2/c1-18-10-4-3-5-14(18)6-7-17-16(18)9-11-19(2)15(13-21)8-12-20(17,19)22/h13-17,22H,3-12H2,1-2H3/t14?,15?,16-,17+,18-,19+,20+/m0/s1. The Morgan fingerprint density at radius 3 is 2.50 bits per heavy atom. The van der Waals surface area contributed by atoms with E-state index in [-0.39, 0.29) is 11.3 Å². The van der Waals surface area contributed by atoms with Crippen LogP contribution in [0.5, 0.6) is 0 Å². The van der Waals surface area contributed by atoms with Gasteiger partial charge in [-0.05, 0) is 74.5 Å². The molecule has 0 aromatic carbocycles. The maximum absolute atomic E-state index is 11.7. The Hall–Kier alpha value is -0.370. The molecule has 0 aromatic heterocycles. The van der Waals surface area contributed by atoms with Gasteiger partial charge >= 0.3 is 0 Å². The van der Waals surface area contributed by atoms with Gasteiger partial charge in [0.05, 0.1) is 5.60 Å². The lowest BCUT2D eigenvalue weighted by molar-refractivity contribution is -0.204. The number of aldehydes is 1. The quantitative estimate of drug-likeness (QED) is 0.731. The van der Waals surface area contributed by atoms with Gasteiger partial charge in [0.1, 0.15) is 6.29 Å². The third kappa shape index (κ3) is 1.68. The molecule has 4 saturated carbocycles. The van der Waals surface area contributed by atoms with Crippen molar-refractivity contribution < 1.29 is 9.90 Å². The number of aliphatic hydroxyl groups is 1. The van der Waals surface area contributed by atoms with Crippen molar-refractivity contribution in [2.75, 3.05) is 0 Å². The molecule has 0 aliphatic heterocycles. The lowest BCUT2D eigenvalue weighted by atomic mass is 9.43. The van der Waals surface area contributed by atoms with Crippen LogP contribution in [0, 0.1) is 34.5 Å². The number of hydrogen-bond acceptors (Lipinski definition) is 2. The van der Waals surface area contributed by atoms with Gasteiger partial charge in [0.2, 0.25) is 0 Å². The first-order valence-electron chi connectivity index (χ1n) is 9.63. The van der Waals surface area contributed by atoms with Crippen LogP contribution >= 0.6 is 0 Å². The molecule has 2 heteroatoms. The number of carbonyl (C=O) groups is 1. The molecule has 1 N–H and O–H groups in total. The number of hydrogen-bond donors (Lipinski definition) is 1. The zero-order valence-electron chi connectivity index (χ0n) is 14.3. The second kappa shape index (κ2) is 4.82. The van der Waals surface area contributed by atoms with E-state index in [4.69, 9.17) is 0 Å². The Balaban J connectivity index is 1.70. The molecule has 0 aromatic rings. The second-order valence-electron chi connectivity index (χ2n) is 9.40. The zero-order valence-corrected chi connectivity index (χ0v) is 14.3. The molecule has 0 saturated heterocycles. The summed E-state index contributed by atoms with van der Waals surface area (Å²) in [4.78, 5) is 11.5. The van der Waals surface area contributed by atoms with Crippen molar-refractivity contribution in [1.29, 1.82) is 0 Å². The Bertz CT molecular complexity index is 474. The summed E-state index contributed by atoms with van der Waals surface area (Å²) < 4.78 is 0. The van der Waals surface area contributed by atoms with Crippen LogP contribution in [0.15, 0.2) is 0 Å². The van der Waals surface area contributed by atoms with Crippen molar-refractivity contribution in [3.05, 3.63) is 0 Å². The van der Waals surface area contributed by atoms with E-state index in [9.17, 15) is 9.90 Å². The molecule has 0 amide bonds. The zero-order chi connectivity index (χ0) is 15.6. The van der Waals surface area contributed by atoms with Crippen LogP contribution in [0.4, 0.5) is 0 Å². The fraction of sp³-hybridized carbons (Fsp3) is 0.950. The topological polar surface area (TPSA) is 37.3 Å². The predicted molar refractivity (Wildman–Crippen MR) is 87.4 cm³/mol. The first-order chi connectivity index (χ1) is 10.5. The minimum Gasteiger partial charge on any atom is -0.389 e. The van der Waals surface area contributed by atoms with E-state index >= 15 is 0 Å². The third-order valence-corrected chi connectivity index (χ3v) is 9.01. The van der Waals surface area contributed by atoms with Gasteiger partial charge in [-0.3, -0.25) is 0 Å². The molecule has 4 rings (SSSR count). The van der Waals surface area contributed by atoms with Gasteiger partial charge < -0.3 is 9.90 Å². The number of fused-ring (bicyclic) bond motifs is 5. The highest BCUT2D eigenvalue weighted by Crippen LogP contribution is 2.68. The van der Waals surface area contributed by atoms with Crippen LogP contribution in [0.2, 0.25) is 0 Å². The van der Waals surface area contributed by atoms with E-state index in [1.54, 1.807) is 0 Å². The third-order valence-electron chi connectivity index (χ3n) is 9.01. The number of carbonyl (C=O) groups excluding carboxylic acids is 1. The molecule has 2 nitrogen and oxygen atoms in total. The maximum atomic E-state index is 11.7. The van der Waals surface area contributed by atoms with Crippen molar-refractivity contribution in [3.63, 3.8) is 0 Å². The fourth-order valence-electron chi connectivity index (χ4n) is 7.52. The number of rotatable bonds is 1. The van der Waals surface area contributed by atoms with Gasteiger partial charge in [0.15, 0.2) is 0 Å². The Labute approximate surface area is 135 Å². The van der Waals surface area contributed by atoms with Crippen molar-refractivity contribution in [1.82, 2.24) is 0 Å². The second-order valence-corrected chi connectivity index (χ2v) is 9.40. The molecular weight excluding hydrogens is 272 g/mol. The summed E-state index contributed by atoms with van der Waals surface area (Å²) in [5.74, 6) is 2.10. The molecule has 2 unspecified atom stereocenters. The first-order valence-corrected chi connectivity index (χ1v) is 9.63. The molecule has 4 aliphatic rings. The van der Waals surface area contributed by atoms with Crippen molar-refractivity contribution >= 4 is 6.29 Å². The summed E-state index contributed by atoms with van der Waals surface area (Å²) in [5.41, 5.74) is -0.280. The maximum Gasteiger partial charge on any atom is 0.123 e. The van der Waals surface area contributed by atoms with Crippen molar-refractivity contribution in [3.8, 4) is 0 Å². The molecule has 124 valence electrons. The normalized spacial score (nSPS) is 57.6. The fourth-order valence-corrected chi connectivity index (χ4v) is 7.52. The molecule has 0 spiro atoms. The minimum absolute atomic E-state index is 0.0790. The van der Waals surface area contributed by atoms with Gasteiger partial charge in [-0.2, -0.15) is 0 Å². The Kier molecular flexibility index (Phi) is 3.32. The summed E-state index contributed by atoms with van der Waals surface area (Å²) in [6, 6.07) is 0. The van der Waals surface area contributed by atoms with Gasteiger partial charge in [0.25, 0.3) is 0 Å². The Morgan fingerprint density at radius 2 is 1.73 bits per heavy atom. The minimum atomic E-state index is -0.576. The van der Waals surface area contributed by atoms with E-state index in [1.165, 1.54) is 44.9 Å². The van der Waals surface area contributed by atoms with Crippen molar-refractivity contribution in [2.24, 2.45) is 34.5 Å². The van der Waals surface area contributed by atoms with Crippen LogP contribution in [0.3, 0.4) is 0 Å². The van der Waals surface area contributed by atoms with Crippen LogP contribution in [-0.2, 0) is 4.79 Å². The van der Waals surface area contributed by atoms with E-state index in [0.717, 1.165) is 31.5 Å². The molecule has 0 bridgehead atoms. The van der Waals surface area contributed by atoms with Crippen LogP contribution in [0.1, 0.15) is 78.1 Å². The molecule has 4 aliphatic carbocycles. The van der Waals surface area contributed by atoms with Gasteiger partial charge in [0, 0.05) is 11.3 Å². The molecule has 7 atom stereocenters. The average molecular weight is 304 g/mol. The summed E-state index contributed by atoms with van der Waals surface area (Å²) in [6.45, 7) is 4.75. The molecule has 0 heterocycles. The molecule has 0 radical (unpaired) electrons. The molecule has 22 heavy (non-hydrogen) atoms. The van der Waals surface area contributed by atoms with E-state index in [2.05, 4.69) is 13.8 Å². The van der Waals surface area contributed by atoms with Crippen molar-refractivity contribution in [2.45, 2.75) is 83.7 Å². The van der Waals surface area contributed by atoms with Gasteiger partial charge in [-0.25, -0.2) is 0 Å². The SMILES string of the molecule is C[C@]12CCCCC1CC[C@@H]1[C@@H]2CC[C@]2(C)C(C=O)CC[C@@]12O. The summed E-state index contributed by atoms with van der Waals surface area (Å²) >= 11 is 0. The predicted octanol–water partition coefficient (Wildman–Crippen LogP) is 4.35. The van der Waals surface area contributed by atoms with Crippen LogP contribution in [0.25, 0.3) is 0 Å².